The lowest BCUT2D eigenvalue weighted by atomic mass is 10.0. The molecule has 3 rings (SSSR count). The number of hydrogen-bond donors (Lipinski definition) is 1. The molecule has 0 radical (unpaired) electrons. The van der Waals surface area contributed by atoms with E-state index in [1.54, 1.807) is 0 Å². The van der Waals surface area contributed by atoms with Crippen LogP contribution in [-0.4, -0.2) is 6.04 Å². The molecule has 2 aromatic carbocycles. The summed E-state index contributed by atoms with van der Waals surface area (Å²) in [5.74, 6) is 1.38. The second-order valence-corrected chi connectivity index (χ2v) is 6.17. The van der Waals surface area contributed by atoms with Crippen LogP contribution in [-0.2, 0) is 6.61 Å². The Hall–Kier alpha value is -1.80. The fourth-order valence-corrected chi connectivity index (χ4v) is 2.83. The Morgan fingerprint density at radius 1 is 1.00 bits per heavy atom. The van der Waals surface area contributed by atoms with E-state index in [0.717, 1.165) is 5.75 Å². The molecule has 1 aliphatic carbocycles. The number of benzene rings is 2. The molecule has 20 heavy (non-hydrogen) atoms. The van der Waals surface area contributed by atoms with Crippen molar-refractivity contribution in [1.82, 2.24) is 0 Å². The molecule has 0 heterocycles. The summed E-state index contributed by atoms with van der Waals surface area (Å²) < 4.78 is 5.79. The average Bonchev–Trinajstić information content (AvgIpc) is 2.97. The second-order valence-electron chi connectivity index (χ2n) is 6.17. The molecule has 1 aliphatic rings. The number of rotatable bonds is 4. The third kappa shape index (κ3) is 2.44. The van der Waals surface area contributed by atoms with Crippen molar-refractivity contribution in [1.29, 1.82) is 0 Å². The summed E-state index contributed by atoms with van der Waals surface area (Å²) in [6.45, 7) is 5.05. The van der Waals surface area contributed by atoms with E-state index < -0.39 is 0 Å². The first-order valence-corrected chi connectivity index (χ1v) is 7.11. The average molecular weight is 267 g/mol. The minimum atomic E-state index is 0.229. The molecular formula is C18H21NO. The summed E-state index contributed by atoms with van der Waals surface area (Å²) in [5.41, 5.74) is 8.84. The predicted octanol–water partition coefficient (Wildman–Crippen LogP) is 3.72. The fourth-order valence-electron chi connectivity index (χ4n) is 2.83. The van der Waals surface area contributed by atoms with Crippen LogP contribution < -0.4 is 10.5 Å². The summed E-state index contributed by atoms with van der Waals surface area (Å²) in [6.07, 6.45) is 0. The molecule has 1 fully saturated rings. The minimum absolute atomic E-state index is 0.229. The lowest BCUT2D eigenvalue weighted by Gasteiger charge is -2.08. The van der Waals surface area contributed by atoms with Gasteiger partial charge in [0.1, 0.15) is 12.4 Å². The fraction of sp³-hybridized carbons (Fsp3) is 0.333. The van der Waals surface area contributed by atoms with E-state index in [4.69, 9.17) is 10.5 Å². The highest BCUT2D eigenvalue weighted by Crippen LogP contribution is 2.57. The van der Waals surface area contributed by atoms with Gasteiger partial charge in [-0.25, -0.2) is 0 Å². The first kappa shape index (κ1) is 13.2. The zero-order valence-corrected chi connectivity index (χ0v) is 12.0. The molecule has 2 aromatic rings. The van der Waals surface area contributed by atoms with Crippen LogP contribution >= 0.6 is 0 Å². The summed E-state index contributed by atoms with van der Waals surface area (Å²) in [5, 5.41) is 0. The molecule has 0 unspecified atom stereocenters. The van der Waals surface area contributed by atoms with Gasteiger partial charge in [0.05, 0.1) is 0 Å². The Kier molecular flexibility index (Phi) is 3.27. The molecule has 0 bridgehead atoms. The summed E-state index contributed by atoms with van der Waals surface area (Å²) in [7, 11) is 0. The van der Waals surface area contributed by atoms with Crippen molar-refractivity contribution < 1.29 is 4.74 Å². The van der Waals surface area contributed by atoms with Crippen molar-refractivity contribution >= 4 is 0 Å². The predicted molar refractivity (Wildman–Crippen MR) is 81.7 cm³/mol. The molecule has 0 aromatic heterocycles. The third-order valence-corrected chi connectivity index (χ3v) is 4.40. The van der Waals surface area contributed by atoms with Gasteiger partial charge in [0.25, 0.3) is 0 Å². The van der Waals surface area contributed by atoms with E-state index >= 15 is 0 Å². The van der Waals surface area contributed by atoms with E-state index in [2.05, 4.69) is 38.1 Å². The SMILES string of the molecule is CC1(C)[C@@H](N)[C@@H]1c1ccc(OCc2ccccc2)cc1. The van der Waals surface area contributed by atoms with Gasteiger partial charge in [-0.15, -0.1) is 0 Å². The first-order valence-electron chi connectivity index (χ1n) is 7.11. The quantitative estimate of drug-likeness (QED) is 0.916. The normalized spacial score (nSPS) is 23.4. The van der Waals surface area contributed by atoms with Crippen LogP contribution in [0.1, 0.15) is 30.9 Å². The highest BCUT2D eigenvalue weighted by Gasteiger charge is 2.55. The number of hydrogen-bond acceptors (Lipinski definition) is 2. The monoisotopic (exact) mass is 267 g/mol. The van der Waals surface area contributed by atoms with E-state index in [9.17, 15) is 0 Å². The lowest BCUT2D eigenvalue weighted by Crippen LogP contribution is -2.06. The van der Waals surface area contributed by atoms with Crippen molar-refractivity contribution in [3.63, 3.8) is 0 Å². The van der Waals surface area contributed by atoms with Crippen LogP contribution in [0, 0.1) is 5.41 Å². The molecule has 0 spiro atoms. The highest BCUT2D eigenvalue weighted by molar-refractivity contribution is 5.37. The standard InChI is InChI=1S/C18H21NO/c1-18(2)16(17(18)19)14-8-10-15(11-9-14)20-12-13-6-4-3-5-7-13/h3-11,16-17H,12,19H2,1-2H3/t16-,17-/m0/s1. The van der Waals surface area contributed by atoms with Crippen molar-refractivity contribution in [3.8, 4) is 5.75 Å². The minimum Gasteiger partial charge on any atom is -0.489 e. The summed E-state index contributed by atoms with van der Waals surface area (Å²) in [4.78, 5) is 0. The molecule has 0 amide bonds. The van der Waals surface area contributed by atoms with Crippen molar-refractivity contribution in [2.24, 2.45) is 11.1 Å². The van der Waals surface area contributed by atoms with Crippen LogP contribution in [0.2, 0.25) is 0 Å². The molecule has 2 atom stereocenters. The molecule has 0 saturated heterocycles. The maximum Gasteiger partial charge on any atom is 0.119 e. The largest absolute Gasteiger partial charge is 0.489 e. The van der Waals surface area contributed by atoms with Gasteiger partial charge in [-0.05, 0) is 28.7 Å². The Labute approximate surface area is 120 Å². The lowest BCUT2D eigenvalue weighted by molar-refractivity contribution is 0.306. The van der Waals surface area contributed by atoms with Gasteiger partial charge in [0.2, 0.25) is 0 Å². The number of ether oxygens (including phenoxy) is 1. The van der Waals surface area contributed by atoms with Gasteiger partial charge in [-0.3, -0.25) is 0 Å². The second kappa shape index (κ2) is 4.95. The smallest absolute Gasteiger partial charge is 0.119 e. The molecule has 1 saturated carbocycles. The van der Waals surface area contributed by atoms with Crippen molar-refractivity contribution in [2.75, 3.05) is 0 Å². The van der Waals surface area contributed by atoms with E-state index in [1.807, 2.05) is 30.3 Å². The Balaban J connectivity index is 1.63. The zero-order chi connectivity index (χ0) is 14.2. The maximum absolute atomic E-state index is 6.12. The molecule has 2 nitrogen and oxygen atoms in total. The van der Waals surface area contributed by atoms with Crippen LogP contribution in [0.25, 0.3) is 0 Å². The summed E-state index contributed by atoms with van der Waals surface area (Å²) in [6, 6.07) is 18.8. The van der Waals surface area contributed by atoms with Gasteiger partial charge < -0.3 is 10.5 Å². The Bertz CT molecular complexity index is 574. The van der Waals surface area contributed by atoms with Gasteiger partial charge in [0, 0.05) is 12.0 Å². The van der Waals surface area contributed by atoms with Crippen LogP contribution in [0.4, 0.5) is 0 Å². The van der Waals surface area contributed by atoms with Crippen LogP contribution in [0.15, 0.2) is 54.6 Å². The third-order valence-electron chi connectivity index (χ3n) is 4.40. The van der Waals surface area contributed by atoms with Crippen LogP contribution in [0.5, 0.6) is 5.75 Å². The van der Waals surface area contributed by atoms with Gasteiger partial charge in [-0.2, -0.15) is 0 Å². The van der Waals surface area contributed by atoms with E-state index in [1.165, 1.54) is 11.1 Å². The molecule has 104 valence electrons. The van der Waals surface area contributed by atoms with Crippen molar-refractivity contribution in [3.05, 3.63) is 65.7 Å². The zero-order valence-electron chi connectivity index (χ0n) is 12.0. The van der Waals surface area contributed by atoms with Gasteiger partial charge in [0.15, 0.2) is 0 Å². The Morgan fingerprint density at radius 2 is 1.60 bits per heavy atom. The van der Waals surface area contributed by atoms with Gasteiger partial charge >= 0.3 is 0 Å². The van der Waals surface area contributed by atoms with E-state index in [-0.39, 0.29) is 11.5 Å². The molecule has 2 heteroatoms. The van der Waals surface area contributed by atoms with Crippen molar-refractivity contribution in [2.45, 2.75) is 32.4 Å². The van der Waals surface area contributed by atoms with Gasteiger partial charge in [-0.1, -0.05) is 56.3 Å². The molecular weight excluding hydrogens is 246 g/mol. The highest BCUT2D eigenvalue weighted by atomic mass is 16.5. The first-order chi connectivity index (χ1) is 9.59. The number of nitrogens with two attached hydrogens (primary N) is 1. The van der Waals surface area contributed by atoms with Crippen LogP contribution in [0.3, 0.4) is 0 Å². The molecule has 2 N–H and O–H groups in total. The van der Waals surface area contributed by atoms with E-state index in [0.29, 0.717) is 12.5 Å². The maximum atomic E-state index is 6.12. The summed E-state index contributed by atoms with van der Waals surface area (Å²) >= 11 is 0. The topological polar surface area (TPSA) is 35.2 Å². The Morgan fingerprint density at radius 3 is 2.15 bits per heavy atom. The molecule has 0 aliphatic heterocycles.